The van der Waals surface area contributed by atoms with Crippen molar-refractivity contribution in [1.29, 1.82) is 0 Å². The average Bonchev–Trinajstić information content (AvgIpc) is 3.36. The van der Waals surface area contributed by atoms with E-state index < -0.39 is 19.8 Å². The molecule has 208 valence electrons. The molecule has 0 spiro atoms. The number of hydrogen-bond acceptors (Lipinski definition) is 4. The minimum absolute atomic E-state index is 0.0831. The van der Waals surface area contributed by atoms with Crippen LogP contribution < -0.4 is 5.43 Å². The minimum Gasteiger partial charge on any atom is -0.376 e. The molecule has 0 bridgehead atoms. The van der Waals surface area contributed by atoms with Crippen LogP contribution in [0.15, 0.2) is 53.6 Å². The van der Waals surface area contributed by atoms with E-state index in [0.717, 1.165) is 66.1 Å². The van der Waals surface area contributed by atoms with Gasteiger partial charge in [-0.1, -0.05) is 31.8 Å². The number of piperidine rings is 1. The van der Waals surface area contributed by atoms with Crippen LogP contribution in [0.2, 0.25) is 25.7 Å². The van der Waals surface area contributed by atoms with Crippen LogP contribution in [-0.2, 0) is 24.1 Å². The number of fused-ring (bicyclic) bond motifs is 3. The summed E-state index contributed by atoms with van der Waals surface area (Å²) < 4.78 is 47.8. The van der Waals surface area contributed by atoms with Crippen molar-refractivity contribution in [2.75, 3.05) is 13.2 Å². The molecule has 4 aromatic rings. The number of nitrogens with one attached hydrogen (secondary N) is 1. The number of alkyl halides is 3. The normalized spacial score (nSPS) is 17.3. The summed E-state index contributed by atoms with van der Waals surface area (Å²) in [5.74, 6) is 0. The van der Waals surface area contributed by atoms with Crippen molar-refractivity contribution in [1.82, 2.24) is 19.4 Å². The van der Waals surface area contributed by atoms with E-state index in [2.05, 4.69) is 39.1 Å². The Balaban J connectivity index is 1.56. The molecular formula is C29H35F3N4O2Si. The maximum absolute atomic E-state index is 13.3. The predicted octanol–water partition coefficient (Wildman–Crippen LogP) is 6.94. The van der Waals surface area contributed by atoms with Gasteiger partial charge < -0.3 is 14.3 Å². The summed E-state index contributed by atoms with van der Waals surface area (Å²) in [6.07, 6.45) is 1.88. The van der Waals surface area contributed by atoms with Crippen LogP contribution in [-0.4, -0.2) is 40.7 Å². The van der Waals surface area contributed by atoms with E-state index in [4.69, 9.17) is 4.74 Å². The first-order valence-corrected chi connectivity index (χ1v) is 17.2. The van der Waals surface area contributed by atoms with Crippen molar-refractivity contribution in [3.8, 4) is 0 Å². The molecule has 1 saturated heterocycles. The predicted molar refractivity (Wildman–Crippen MR) is 150 cm³/mol. The first-order chi connectivity index (χ1) is 18.5. The fourth-order valence-corrected chi connectivity index (χ4v) is 6.12. The summed E-state index contributed by atoms with van der Waals surface area (Å²) in [4.78, 5) is 23.2. The molecule has 1 fully saturated rings. The Morgan fingerprint density at radius 1 is 1.10 bits per heavy atom. The summed E-state index contributed by atoms with van der Waals surface area (Å²) in [6, 6.07) is 10.1. The van der Waals surface area contributed by atoms with Crippen LogP contribution in [0.5, 0.6) is 0 Å². The van der Waals surface area contributed by atoms with Crippen molar-refractivity contribution >= 4 is 30.0 Å². The largest absolute Gasteiger partial charge is 0.416 e. The van der Waals surface area contributed by atoms with Gasteiger partial charge in [0.2, 0.25) is 0 Å². The van der Waals surface area contributed by atoms with E-state index in [1.165, 1.54) is 0 Å². The third-order valence-electron chi connectivity index (χ3n) is 7.46. The monoisotopic (exact) mass is 556 g/mol. The Bertz CT molecular complexity index is 1510. The Hall–Kier alpha value is -2.95. The van der Waals surface area contributed by atoms with Gasteiger partial charge in [-0.05, 0) is 49.1 Å². The lowest BCUT2D eigenvalue weighted by Crippen LogP contribution is -2.38. The highest BCUT2D eigenvalue weighted by Gasteiger charge is 2.31. The van der Waals surface area contributed by atoms with Gasteiger partial charge in [-0.3, -0.25) is 9.69 Å². The van der Waals surface area contributed by atoms with Crippen LogP contribution >= 0.6 is 0 Å². The van der Waals surface area contributed by atoms with Crippen molar-refractivity contribution in [2.24, 2.45) is 0 Å². The number of aromatic amines is 1. The molecule has 1 unspecified atom stereocenters. The molecule has 1 atom stereocenters. The number of benzene rings is 1. The zero-order valence-electron chi connectivity index (χ0n) is 22.6. The zero-order chi connectivity index (χ0) is 27.8. The van der Waals surface area contributed by atoms with Gasteiger partial charge >= 0.3 is 6.18 Å². The van der Waals surface area contributed by atoms with Crippen molar-refractivity contribution in [3.63, 3.8) is 0 Å². The number of nitrogens with zero attached hydrogens (tertiary/aromatic N) is 3. The first kappa shape index (κ1) is 27.6. The maximum atomic E-state index is 13.3. The van der Waals surface area contributed by atoms with Crippen LogP contribution in [0.3, 0.4) is 0 Å². The Labute approximate surface area is 226 Å². The Kier molecular flexibility index (Phi) is 7.72. The summed E-state index contributed by atoms with van der Waals surface area (Å²) in [5.41, 5.74) is 2.42. The number of rotatable bonds is 8. The highest BCUT2D eigenvalue weighted by atomic mass is 28.3. The molecule has 0 aliphatic carbocycles. The van der Waals surface area contributed by atoms with Crippen LogP contribution in [0.4, 0.5) is 13.2 Å². The van der Waals surface area contributed by atoms with E-state index in [0.29, 0.717) is 30.8 Å². The zero-order valence-corrected chi connectivity index (χ0v) is 23.6. The molecule has 3 aromatic heterocycles. The molecule has 6 nitrogen and oxygen atoms in total. The molecule has 0 amide bonds. The van der Waals surface area contributed by atoms with Crippen LogP contribution in [0, 0.1) is 0 Å². The number of hydrogen-bond donors (Lipinski definition) is 1. The minimum atomic E-state index is -4.36. The van der Waals surface area contributed by atoms with Gasteiger partial charge in [-0.15, -0.1) is 0 Å². The third kappa shape index (κ3) is 6.13. The second-order valence-corrected chi connectivity index (χ2v) is 17.3. The fraction of sp³-hybridized carbons (Fsp3) is 0.448. The molecule has 0 saturated carbocycles. The lowest BCUT2D eigenvalue weighted by atomic mass is 10.0. The maximum Gasteiger partial charge on any atom is 0.416 e. The van der Waals surface area contributed by atoms with Crippen molar-refractivity contribution in [2.45, 2.75) is 70.4 Å². The Morgan fingerprint density at radius 3 is 2.59 bits per heavy atom. The van der Waals surface area contributed by atoms with Gasteiger partial charge in [0.05, 0.1) is 29.2 Å². The molecule has 1 aromatic carbocycles. The third-order valence-corrected chi connectivity index (χ3v) is 9.17. The van der Waals surface area contributed by atoms with E-state index in [-0.39, 0.29) is 11.6 Å². The number of pyridine rings is 2. The van der Waals surface area contributed by atoms with Gasteiger partial charge in [0, 0.05) is 57.3 Å². The highest BCUT2D eigenvalue weighted by molar-refractivity contribution is 6.76. The van der Waals surface area contributed by atoms with E-state index >= 15 is 0 Å². The lowest BCUT2D eigenvalue weighted by molar-refractivity contribution is -0.137. The molecular weight excluding hydrogens is 521 g/mol. The van der Waals surface area contributed by atoms with E-state index in [1.54, 1.807) is 24.4 Å². The van der Waals surface area contributed by atoms with Crippen molar-refractivity contribution < 1.29 is 17.9 Å². The standard InChI is InChI=1S/C29H35F3N4O2Si/c1-39(2,3)15-14-38-19-22-16-25(37)24-17-34-28-23(11-12-33-28)27(24)36(22)26-6-4-5-13-35(26)18-20-7-9-21(10-8-20)29(30,31)32/h7-12,16-17,26H,4-6,13-15,18-19H2,1-3H3,(H,33,34). The van der Waals surface area contributed by atoms with E-state index in [1.807, 2.05) is 12.3 Å². The topological polar surface area (TPSA) is 63.1 Å². The van der Waals surface area contributed by atoms with Crippen LogP contribution in [0.1, 0.15) is 42.2 Å². The summed E-state index contributed by atoms with van der Waals surface area (Å²) in [5, 5.41) is 1.42. The SMILES string of the molecule is C[Si](C)(C)CCOCc1cc(=O)c2cnc3[nH]ccc3c2n1C1CCCCN1Cc1ccc(C(F)(F)F)cc1. The summed E-state index contributed by atoms with van der Waals surface area (Å²) in [7, 11) is -1.28. The number of ether oxygens (including phenoxy) is 1. The quantitative estimate of drug-likeness (QED) is 0.189. The number of likely N-dealkylation sites (tertiary alicyclic amines) is 1. The van der Waals surface area contributed by atoms with Gasteiger partial charge in [-0.2, -0.15) is 13.2 Å². The second-order valence-electron chi connectivity index (χ2n) is 11.6. The Morgan fingerprint density at radius 2 is 1.87 bits per heavy atom. The van der Waals surface area contributed by atoms with Crippen molar-refractivity contribution in [3.05, 3.63) is 75.8 Å². The average molecular weight is 557 g/mol. The molecule has 0 radical (unpaired) electrons. The first-order valence-electron chi connectivity index (χ1n) is 13.5. The van der Waals surface area contributed by atoms with Gasteiger partial charge in [0.15, 0.2) is 5.43 Å². The highest BCUT2D eigenvalue weighted by Crippen LogP contribution is 2.35. The van der Waals surface area contributed by atoms with Gasteiger partial charge in [-0.25, -0.2) is 4.98 Å². The summed E-state index contributed by atoms with van der Waals surface area (Å²) in [6.45, 7) is 9.17. The second kappa shape index (κ2) is 10.9. The number of aromatic nitrogens is 3. The van der Waals surface area contributed by atoms with Gasteiger partial charge in [0.1, 0.15) is 5.65 Å². The lowest BCUT2D eigenvalue weighted by Gasteiger charge is -2.39. The van der Waals surface area contributed by atoms with E-state index in [9.17, 15) is 18.0 Å². The van der Waals surface area contributed by atoms with Gasteiger partial charge in [0.25, 0.3) is 0 Å². The molecule has 1 aliphatic heterocycles. The molecule has 5 rings (SSSR count). The molecule has 10 heteroatoms. The molecule has 1 N–H and O–H groups in total. The fourth-order valence-electron chi connectivity index (χ4n) is 5.37. The smallest absolute Gasteiger partial charge is 0.376 e. The van der Waals surface area contributed by atoms with Crippen LogP contribution in [0.25, 0.3) is 21.9 Å². The number of halogens is 3. The number of H-pyrrole nitrogens is 1. The summed E-state index contributed by atoms with van der Waals surface area (Å²) >= 11 is 0. The molecule has 4 heterocycles. The molecule has 1 aliphatic rings. The molecule has 39 heavy (non-hydrogen) atoms.